The molecular formula is C103H184O20S8. The molecule has 14 unspecified atom stereocenters. The molecule has 0 radical (unpaired) electrons. The third kappa shape index (κ3) is 53.9. The highest BCUT2D eigenvalue weighted by Crippen LogP contribution is 2.61. The van der Waals surface area contributed by atoms with Gasteiger partial charge in [0.25, 0.3) is 0 Å². The lowest BCUT2D eigenvalue weighted by Gasteiger charge is -2.56. The van der Waals surface area contributed by atoms with Crippen LogP contribution in [-0.2, 0) is 76.3 Å². The molecule has 0 bridgehead atoms. The molecule has 2 aliphatic rings. The summed E-state index contributed by atoms with van der Waals surface area (Å²) in [7, 11) is 0. The Morgan fingerprint density at radius 2 is 0.458 bits per heavy atom. The summed E-state index contributed by atoms with van der Waals surface area (Å²) in [6.07, 6.45) is 13.8. The summed E-state index contributed by atoms with van der Waals surface area (Å²) in [5.41, 5.74) is -4.67. The third-order valence-electron chi connectivity index (χ3n) is 24.4. The minimum absolute atomic E-state index is 0.0850. The molecule has 0 fully saturated rings. The van der Waals surface area contributed by atoms with E-state index in [1.807, 2.05) is 69.2 Å². The molecule has 0 amide bonds. The van der Waals surface area contributed by atoms with Crippen molar-refractivity contribution in [1.82, 2.24) is 0 Å². The predicted molar refractivity (Wildman–Crippen MR) is 556 cm³/mol. The third-order valence-corrected chi connectivity index (χ3v) is 34.0. The van der Waals surface area contributed by atoms with E-state index in [-0.39, 0.29) is 166 Å². The van der Waals surface area contributed by atoms with Crippen molar-refractivity contribution in [1.29, 1.82) is 0 Å². The quantitative estimate of drug-likeness (QED) is 0.0250. The average molecular weight is 2000 g/mol. The summed E-state index contributed by atoms with van der Waals surface area (Å²) in [6.45, 7) is 53.3. The maximum Gasteiger partial charge on any atom is 0.316 e. The van der Waals surface area contributed by atoms with Crippen LogP contribution in [0.2, 0.25) is 0 Å². The molecule has 4 N–H and O–H groups in total. The predicted octanol–water partition coefficient (Wildman–Crippen LogP) is 23.2. The Hall–Kier alpha value is -2.12. The number of carbonyl (C=O) groups excluding carboxylic acids is 8. The minimum atomic E-state index is -1.34. The summed E-state index contributed by atoms with van der Waals surface area (Å²) >= 11 is 10.6. The first kappa shape index (κ1) is 125. The maximum atomic E-state index is 14.5. The van der Waals surface area contributed by atoms with Crippen molar-refractivity contribution in [3.63, 3.8) is 0 Å². The van der Waals surface area contributed by atoms with Gasteiger partial charge in [-0.2, -0.15) is 0 Å². The summed E-state index contributed by atoms with van der Waals surface area (Å²) < 4.78 is 49.1. The molecule has 2 rings (SSSR count). The van der Waals surface area contributed by atoms with Crippen LogP contribution in [-0.4, -0.2) is 233 Å². The minimum Gasteiger partial charge on any atom is -0.462 e. The summed E-state index contributed by atoms with van der Waals surface area (Å²) in [5, 5.41) is 51.1. The highest BCUT2D eigenvalue weighted by atomic mass is 32.2. The molecule has 14 atom stereocenters. The van der Waals surface area contributed by atoms with Crippen LogP contribution in [0.4, 0.5) is 0 Å². The number of ether oxygens (including phenoxy) is 8. The Labute approximate surface area is 829 Å². The summed E-state index contributed by atoms with van der Waals surface area (Å²) in [6, 6.07) is 0. The second-order valence-electron chi connectivity index (χ2n) is 42.6. The maximum absolute atomic E-state index is 14.5. The van der Waals surface area contributed by atoms with E-state index >= 15 is 0 Å². The number of carbonyl (C=O) groups is 8. The molecule has 0 aromatic carbocycles. The van der Waals surface area contributed by atoms with Crippen LogP contribution in [0.25, 0.3) is 0 Å². The lowest BCUT2D eigenvalue weighted by atomic mass is 9.55. The largest absolute Gasteiger partial charge is 0.462 e. The molecule has 2 aliphatic carbocycles. The van der Waals surface area contributed by atoms with Gasteiger partial charge in [0.05, 0.1) is 107 Å². The first-order chi connectivity index (χ1) is 61.4. The monoisotopic (exact) mass is 2000 g/mol. The molecule has 28 heteroatoms. The van der Waals surface area contributed by atoms with Gasteiger partial charge in [0.1, 0.15) is 12.2 Å². The highest BCUT2D eigenvalue weighted by Gasteiger charge is 2.59. The number of hydrogen-bond donors (Lipinski definition) is 4. The van der Waals surface area contributed by atoms with Gasteiger partial charge in [0, 0.05) is 85.9 Å². The van der Waals surface area contributed by atoms with E-state index in [0.29, 0.717) is 86.9 Å². The van der Waals surface area contributed by atoms with Crippen LogP contribution in [0, 0.1) is 74.4 Å². The number of allylic oxidation sites excluding steroid dienone is 2. The van der Waals surface area contributed by atoms with Crippen molar-refractivity contribution in [2.75, 3.05) is 92.0 Å². The molecule has 0 saturated heterocycles. The van der Waals surface area contributed by atoms with Crippen LogP contribution in [0.3, 0.4) is 0 Å². The van der Waals surface area contributed by atoms with Crippen LogP contribution in [0.1, 0.15) is 334 Å². The summed E-state index contributed by atoms with van der Waals surface area (Å²) in [5.74, 6) is -0.172. The van der Waals surface area contributed by atoms with E-state index in [9.17, 15) is 58.8 Å². The Balaban J connectivity index is 3.59. The molecule has 0 aromatic rings. The van der Waals surface area contributed by atoms with Crippen LogP contribution >= 0.6 is 94.1 Å². The standard InChI is InChI=1S/C103H184O20S8/c1-69(2)33-27-39-77(17)116-89(106)53-124-61-100(62-125-54-90(107)117-78(18)40-28-34-70(3)4)49-85(51-102(97(100)114,65-128-57-93(110)120-81(21)43-31-37-73(9)10)67-130-59-95(112)122-83(23)47-87(104)45-75(13)14)99(25,26)86-50-101(63-126-55-91(108)118-79(19)41-29-35-71(5)6,64-127-56-92(109)119-80(20)42-30-36-72(7)8)98(115)103(52-86,66-129-58-94(111)121-82(22)44-32-38-74(11)12)68-131-60-96(113)123-84(24)48-88(105)46-76(15)16/h49-50,69-84,87-88,97-98,104-105,114-115H,27-48,51-68H2,1-26H3. The average Bonchev–Trinajstić information content (AvgIpc) is 0.716. The second-order valence-corrected chi connectivity index (χ2v) is 50.5. The normalized spacial score (nSPS) is 21.4. The summed E-state index contributed by atoms with van der Waals surface area (Å²) in [4.78, 5) is 115. The van der Waals surface area contributed by atoms with Gasteiger partial charge in [-0.1, -0.05) is 186 Å². The van der Waals surface area contributed by atoms with E-state index < -0.39 is 111 Å². The van der Waals surface area contributed by atoms with Crippen molar-refractivity contribution in [2.24, 2.45) is 74.4 Å². The van der Waals surface area contributed by atoms with E-state index in [4.69, 9.17) is 37.9 Å². The van der Waals surface area contributed by atoms with Gasteiger partial charge in [-0.05, 0) is 205 Å². The topological polar surface area (TPSA) is 291 Å². The molecule has 0 aliphatic heterocycles. The molecule has 0 heterocycles. The highest BCUT2D eigenvalue weighted by molar-refractivity contribution is 8.02. The van der Waals surface area contributed by atoms with Crippen LogP contribution in [0.15, 0.2) is 23.3 Å². The fourth-order valence-corrected chi connectivity index (χ4v) is 26.6. The van der Waals surface area contributed by atoms with Crippen molar-refractivity contribution in [3.05, 3.63) is 23.3 Å². The van der Waals surface area contributed by atoms with Gasteiger partial charge < -0.3 is 58.3 Å². The van der Waals surface area contributed by atoms with Crippen molar-refractivity contribution < 1.29 is 96.7 Å². The number of aliphatic hydroxyl groups is 4. The van der Waals surface area contributed by atoms with Crippen LogP contribution < -0.4 is 0 Å². The fraction of sp³-hybridized carbons (Fsp3) is 0.883. The van der Waals surface area contributed by atoms with E-state index in [2.05, 4.69) is 109 Å². The second kappa shape index (κ2) is 66.6. The first-order valence-electron chi connectivity index (χ1n) is 49.7. The molecule has 0 aromatic heterocycles. The van der Waals surface area contributed by atoms with Gasteiger partial charge in [-0.15, -0.1) is 94.1 Å². The molecule has 0 spiro atoms. The van der Waals surface area contributed by atoms with Gasteiger partial charge in [0.2, 0.25) is 0 Å². The smallest absolute Gasteiger partial charge is 0.316 e. The number of esters is 8. The molecule has 131 heavy (non-hydrogen) atoms. The molecule has 0 saturated carbocycles. The zero-order valence-corrected chi connectivity index (χ0v) is 92.6. The van der Waals surface area contributed by atoms with Gasteiger partial charge in [0.15, 0.2) is 0 Å². The van der Waals surface area contributed by atoms with Crippen molar-refractivity contribution in [3.8, 4) is 0 Å². The van der Waals surface area contributed by atoms with E-state index in [1.54, 1.807) is 13.8 Å². The number of rotatable bonds is 74. The molecule has 20 nitrogen and oxygen atoms in total. The zero-order valence-electron chi connectivity index (χ0n) is 86.1. The Bertz CT molecular complexity index is 3010. The van der Waals surface area contributed by atoms with Gasteiger partial charge in [-0.25, -0.2) is 0 Å². The first-order valence-corrected chi connectivity index (χ1v) is 58.9. The number of hydrogen-bond acceptors (Lipinski definition) is 28. The number of thioether (sulfide) groups is 8. The van der Waals surface area contributed by atoms with E-state index in [1.165, 1.54) is 94.1 Å². The Morgan fingerprint density at radius 1 is 0.282 bits per heavy atom. The lowest BCUT2D eigenvalue weighted by Crippen LogP contribution is -2.58. The van der Waals surface area contributed by atoms with Crippen molar-refractivity contribution >= 4 is 142 Å². The van der Waals surface area contributed by atoms with Crippen molar-refractivity contribution in [2.45, 2.75) is 407 Å². The Kier molecular flexibility index (Phi) is 63.5. The number of aliphatic hydroxyl groups excluding tert-OH is 4. The van der Waals surface area contributed by atoms with Gasteiger partial charge >= 0.3 is 47.8 Å². The van der Waals surface area contributed by atoms with E-state index in [0.717, 1.165) is 88.2 Å². The SMILES string of the molecule is CC(C)CCCC(C)OC(=O)CSCC1(CSCC(=O)OC(C)CCCC(C)C)C=C(C(C)(C)C2=CC(CSCC(=O)OC(C)CCCC(C)C)(CSCC(=O)OC(C)CCCC(C)C)C(O)C(CSCC(=O)OC(C)CCCC(C)C)(CSCC(=O)OC(C)CC(O)CC(C)C)C2)CC(CSCC(=O)OC(C)CCCC(C)C)(CSCC(=O)OC(C)CC(O)CC(C)C)C1O. The van der Waals surface area contributed by atoms with Crippen LogP contribution in [0.5, 0.6) is 0 Å². The zero-order chi connectivity index (χ0) is 98.8. The fourth-order valence-electron chi connectivity index (χ4n) is 17.4. The lowest BCUT2D eigenvalue weighted by molar-refractivity contribution is -0.147. The molecule has 764 valence electrons. The van der Waals surface area contributed by atoms with Gasteiger partial charge in [-0.3, -0.25) is 38.4 Å². The molecular weight excluding hydrogens is 1810 g/mol. The Morgan fingerprint density at radius 3 is 0.634 bits per heavy atom.